The number of nitrogens with zero attached hydrogens (tertiary/aromatic N) is 1. The number of likely N-dealkylation sites (tertiary alicyclic amines) is 1. The van der Waals surface area contributed by atoms with Crippen molar-refractivity contribution in [3.05, 3.63) is 33.2 Å². The van der Waals surface area contributed by atoms with Gasteiger partial charge < -0.3 is 9.64 Å². The number of carbonyl (C=O) groups is 2. The predicted molar refractivity (Wildman–Crippen MR) is 79.2 cm³/mol. The number of rotatable bonds is 4. The molecule has 2 heterocycles. The van der Waals surface area contributed by atoms with E-state index in [4.69, 9.17) is 4.74 Å². The van der Waals surface area contributed by atoms with Crippen LogP contribution in [0.5, 0.6) is 0 Å². The van der Waals surface area contributed by atoms with E-state index in [1.54, 1.807) is 0 Å². The first-order valence-electron chi connectivity index (χ1n) is 7.29. The number of hydrogen-bond donors (Lipinski definition) is 0. The lowest BCUT2D eigenvalue weighted by Crippen LogP contribution is -2.33. The van der Waals surface area contributed by atoms with Gasteiger partial charge in [-0.15, -0.1) is 11.3 Å². The molecule has 21 heavy (non-hydrogen) atoms. The minimum absolute atomic E-state index is 0.0729. The molecule has 3 aliphatic rings. The second kappa shape index (κ2) is 4.19. The van der Waals surface area contributed by atoms with Crippen molar-refractivity contribution in [2.24, 2.45) is 5.92 Å². The molecule has 1 saturated carbocycles. The molecule has 2 atom stereocenters. The van der Waals surface area contributed by atoms with Gasteiger partial charge in [-0.2, -0.15) is 0 Å². The maximum Gasteiger partial charge on any atom is 0.293 e. The van der Waals surface area contributed by atoms with E-state index < -0.39 is 0 Å². The zero-order valence-electron chi connectivity index (χ0n) is 12.1. The normalized spacial score (nSPS) is 28.9. The fourth-order valence-electron chi connectivity index (χ4n) is 3.96. The Labute approximate surface area is 127 Å². The summed E-state index contributed by atoms with van der Waals surface area (Å²) in [6, 6.07) is 2.50. The van der Waals surface area contributed by atoms with Gasteiger partial charge in [0.15, 0.2) is 5.78 Å². The van der Waals surface area contributed by atoms with Gasteiger partial charge in [0.2, 0.25) is 0 Å². The van der Waals surface area contributed by atoms with Crippen LogP contribution in [0.25, 0.3) is 0 Å². The highest BCUT2D eigenvalue weighted by Crippen LogP contribution is 2.67. The van der Waals surface area contributed by atoms with Crippen molar-refractivity contribution in [3.63, 3.8) is 0 Å². The number of thiophene rings is 1. The standard InChI is InChI=1S/C16H17NO3S/c1-9(2)17-6-10-5-16(10)12-3-11(7-20-8-18)21-15(12)13(19)4-14(16)17/h3-4,8-10H,5-7H2,1-2H3. The number of carbonyl (C=O) groups excluding carboxylic acids is 2. The molecule has 1 aliphatic heterocycles. The van der Waals surface area contributed by atoms with Crippen LogP contribution in [-0.2, 0) is 21.6 Å². The van der Waals surface area contributed by atoms with Crippen molar-refractivity contribution in [3.8, 4) is 0 Å². The average Bonchev–Trinajstić information content (AvgIpc) is 2.83. The number of piperidine rings is 1. The van der Waals surface area contributed by atoms with E-state index in [0.29, 0.717) is 18.4 Å². The summed E-state index contributed by atoms with van der Waals surface area (Å²) < 4.78 is 4.84. The molecule has 0 bridgehead atoms. The van der Waals surface area contributed by atoms with Crippen LogP contribution >= 0.6 is 11.3 Å². The van der Waals surface area contributed by atoms with Gasteiger partial charge in [-0.25, -0.2) is 0 Å². The molecule has 1 aromatic rings. The summed E-state index contributed by atoms with van der Waals surface area (Å²) in [5.74, 6) is 0.735. The molecule has 2 unspecified atom stereocenters. The van der Waals surface area contributed by atoms with Crippen molar-refractivity contribution in [1.82, 2.24) is 4.90 Å². The number of fused-ring (bicyclic) bond motifs is 1. The summed E-state index contributed by atoms with van der Waals surface area (Å²) >= 11 is 1.47. The molecule has 2 fully saturated rings. The zero-order valence-corrected chi connectivity index (χ0v) is 12.9. The highest BCUT2D eigenvalue weighted by molar-refractivity contribution is 7.14. The number of ketones is 1. The van der Waals surface area contributed by atoms with E-state index in [1.807, 2.05) is 6.08 Å². The first-order chi connectivity index (χ1) is 10.1. The second-order valence-corrected chi connectivity index (χ2v) is 7.51. The van der Waals surface area contributed by atoms with Crippen molar-refractivity contribution < 1.29 is 14.3 Å². The van der Waals surface area contributed by atoms with Gasteiger partial charge in [0, 0.05) is 34.7 Å². The molecule has 1 aromatic heterocycles. The van der Waals surface area contributed by atoms with Crippen molar-refractivity contribution >= 4 is 23.6 Å². The molecule has 0 amide bonds. The Morgan fingerprint density at radius 3 is 3.10 bits per heavy atom. The van der Waals surface area contributed by atoms with Gasteiger partial charge in [0.25, 0.3) is 6.47 Å². The molecule has 1 saturated heterocycles. The highest BCUT2D eigenvalue weighted by atomic mass is 32.1. The summed E-state index contributed by atoms with van der Waals surface area (Å²) in [5, 5.41) is 0. The third kappa shape index (κ3) is 1.61. The topological polar surface area (TPSA) is 46.6 Å². The lowest BCUT2D eigenvalue weighted by atomic mass is 9.86. The first-order valence-corrected chi connectivity index (χ1v) is 8.11. The van der Waals surface area contributed by atoms with Gasteiger partial charge >= 0.3 is 0 Å². The number of ether oxygens (including phenoxy) is 1. The van der Waals surface area contributed by atoms with E-state index in [2.05, 4.69) is 24.8 Å². The molecule has 4 rings (SSSR count). The van der Waals surface area contributed by atoms with Crippen molar-refractivity contribution in [2.45, 2.75) is 38.3 Å². The van der Waals surface area contributed by atoms with Crippen molar-refractivity contribution in [2.75, 3.05) is 6.54 Å². The SMILES string of the molecule is CC(C)N1CC2CC23C1=CC(=O)c1sc(COC=O)cc13. The number of allylic oxidation sites excluding steroid dienone is 2. The molecular weight excluding hydrogens is 286 g/mol. The van der Waals surface area contributed by atoms with Crippen molar-refractivity contribution in [1.29, 1.82) is 0 Å². The molecule has 0 N–H and O–H groups in total. The summed E-state index contributed by atoms with van der Waals surface area (Å²) in [6.45, 7) is 6.12. The largest absolute Gasteiger partial charge is 0.462 e. The molecular formula is C16H17NO3S. The molecule has 4 nitrogen and oxygen atoms in total. The minimum Gasteiger partial charge on any atom is -0.462 e. The molecule has 5 heteroatoms. The van der Waals surface area contributed by atoms with E-state index >= 15 is 0 Å². The Kier molecular flexibility index (Phi) is 2.61. The minimum atomic E-state index is 0.0729. The van der Waals surface area contributed by atoms with Crippen LogP contribution in [0.4, 0.5) is 0 Å². The predicted octanol–water partition coefficient (Wildman–Crippen LogP) is 2.48. The average molecular weight is 303 g/mol. The Bertz CT molecular complexity index is 675. The summed E-state index contributed by atoms with van der Waals surface area (Å²) in [5.41, 5.74) is 2.46. The second-order valence-electron chi connectivity index (χ2n) is 6.38. The Morgan fingerprint density at radius 1 is 1.57 bits per heavy atom. The molecule has 1 spiro atoms. The Hall–Kier alpha value is -1.62. The monoisotopic (exact) mass is 303 g/mol. The van der Waals surface area contributed by atoms with Crippen LogP contribution in [0.2, 0.25) is 0 Å². The van der Waals surface area contributed by atoms with E-state index in [1.165, 1.54) is 22.6 Å². The summed E-state index contributed by atoms with van der Waals surface area (Å²) in [7, 11) is 0. The van der Waals surface area contributed by atoms with E-state index in [9.17, 15) is 9.59 Å². The molecule has 2 aliphatic carbocycles. The zero-order chi connectivity index (χ0) is 14.8. The van der Waals surface area contributed by atoms with Gasteiger partial charge in [0.05, 0.1) is 4.88 Å². The van der Waals surface area contributed by atoms with E-state index in [0.717, 1.165) is 22.7 Å². The fourth-order valence-corrected chi connectivity index (χ4v) is 5.03. The van der Waals surface area contributed by atoms with Gasteiger partial charge in [0.1, 0.15) is 6.61 Å². The smallest absolute Gasteiger partial charge is 0.293 e. The van der Waals surface area contributed by atoms with Gasteiger partial charge in [-0.05, 0) is 37.8 Å². The van der Waals surface area contributed by atoms with Crippen LogP contribution in [0, 0.1) is 5.92 Å². The van der Waals surface area contributed by atoms with E-state index in [-0.39, 0.29) is 17.8 Å². The third-order valence-corrected chi connectivity index (χ3v) is 6.08. The Balaban J connectivity index is 1.77. The molecule has 110 valence electrons. The Morgan fingerprint density at radius 2 is 2.38 bits per heavy atom. The molecule has 0 radical (unpaired) electrons. The van der Waals surface area contributed by atoms with Crippen LogP contribution in [0.3, 0.4) is 0 Å². The maximum absolute atomic E-state index is 12.4. The maximum atomic E-state index is 12.4. The highest BCUT2D eigenvalue weighted by Gasteiger charge is 2.66. The van der Waals surface area contributed by atoms with Crippen LogP contribution in [0.15, 0.2) is 17.8 Å². The lowest BCUT2D eigenvalue weighted by Gasteiger charge is -2.32. The van der Waals surface area contributed by atoms with Crippen LogP contribution in [-0.4, -0.2) is 29.7 Å². The van der Waals surface area contributed by atoms with Crippen LogP contribution < -0.4 is 0 Å². The fraction of sp³-hybridized carbons (Fsp3) is 0.500. The lowest BCUT2D eigenvalue weighted by molar-refractivity contribution is -0.129. The van der Waals surface area contributed by atoms with Crippen LogP contribution in [0.1, 0.15) is 40.4 Å². The first kappa shape index (κ1) is 13.1. The van der Waals surface area contributed by atoms with Gasteiger partial charge in [-0.1, -0.05) is 0 Å². The summed E-state index contributed by atoms with van der Waals surface area (Å²) in [4.78, 5) is 27.0. The quantitative estimate of drug-likeness (QED) is 0.802. The van der Waals surface area contributed by atoms with Gasteiger partial charge in [-0.3, -0.25) is 9.59 Å². The summed E-state index contributed by atoms with van der Waals surface area (Å²) in [6.07, 6.45) is 2.99. The molecule has 0 aromatic carbocycles. The third-order valence-electron chi connectivity index (χ3n) is 4.96. The number of hydrogen-bond acceptors (Lipinski definition) is 5.